The minimum absolute atomic E-state index is 0.103. The minimum Gasteiger partial charge on any atom is -0.467 e. The van der Waals surface area contributed by atoms with Crippen molar-refractivity contribution >= 4 is 29.4 Å². The number of carbonyl (C=O) groups is 4. The highest BCUT2D eigenvalue weighted by Crippen LogP contribution is 2.28. The van der Waals surface area contributed by atoms with Crippen LogP contribution in [0.15, 0.2) is 47.1 Å². The molecule has 3 rings (SSSR count). The highest BCUT2D eigenvalue weighted by Gasteiger charge is 2.44. The number of esters is 1. The van der Waals surface area contributed by atoms with Gasteiger partial charge in [0.05, 0.1) is 37.1 Å². The van der Waals surface area contributed by atoms with Crippen molar-refractivity contribution in [3.8, 4) is 0 Å². The molecule has 1 aliphatic heterocycles. The maximum atomic E-state index is 13.1. The first kappa shape index (κ1) is 21.3. The predicted octanol–water partition coefficient (Wildman–Crippen LogP) is 2.92. The Morgan fingerprint density at radius 1 is 1.17 bits per heavy atom. The number of nitrogens with zero attached hydrogens (tertiary/aromatic N) is 2. The van der Waals surface area contributed by atoms with Crippen LogP contribution in [0, 0.1) is 0 Å². The van der Waals surface area contributed by atoms with Gasteiger partial charge in [-0.15, -0.1) is 0 Å². The first-order valence-corrected chi connectivity index (χ1v) is 9.92. The summed E-state index contributed by atoms with van der Waals surface area (Å²) in [5, 5.41) is 0. The van der Waals surface area contributed by atoms with E-state index >= 15 is 0 Å². The Morgan fingerprint density at radius 2 is 1.90 bits per heavy atom. The number of ether oxygens (including phenoxy) is 1. The summed E-state index contributed by atoms with van der Waals surface area (Å²) in [7, 11) is 0. The van der Waals surface area contributed by atoms with E-state index in [2.05, 4.69) is 0 Å². The van der Waals surface area contributed by atoms with Crippen molar-refractivity contribution in [3.63, 3.8) is 0 Å². The molecule has 8 nitrogen and oxygen atoms in total. The summed E-state index contributed by atoms with van der Waals surface area (Å²) < 4.78 is 10.3. The summed E-state index contributed by atoms with van der Waals surface area (Å²) in [5.41, 5.74) is 0.676. The van der Waals surface area contributed by atoms with E-state index in [9.17, 15) is 19.2 Å². The van der Waals surface area contributed by atoms with E-state index < -0.39 is 23.8 Å². The molecule has 1 aliphatic rings. The van der Waals surface area contributed by atoms with Crippen molar-refractivity contribution in [2.75, 3.05) is 11.5 Å². The molecule has 0 N–H and O–H groups in total. The molecule has 2 heterocycles. The number of rotatable bonds is 8. The quantitative estimate of drug-likeness (QED) is 0.489. The molecular weight excluding hydrogens is 388 g/mol. The molecule has 158 valence electrons. The van der Waals surface area contributed by atoms with Crippen LogP contribution in [0.1, 0.15) is 49.2 Å². The SMILES string of the molecule is CCCC(=O)N(Cc1ccco1)C1CC(=O)N(c2ccc(C(=O)OCC)cc2)C1=O. The van der Waals surface area contributed by atoms with Crippen LogP contribution in [0.3, 0.4) is 0 Å². The van der Waals surface area contributed by atoms with Gasteiger partial charge in [0, 0.05) is 6.42 Å². The summed E-state index contributed by atoms with van der Waals surface area (Å²) in [6.07, 6.45) is 2.29. The molecule has 0 spiro atoms. The number of amides is 3. The first-order valence-electron chi connectivity index (χ1n) is 9.92. The first-order chi connectivity index (χ1) is 14.5. The van der Waals surface area contributed by atoms with E-state index in [0.29, 0.717) is 23.4 Å². The summed E-state index contributed by atoms with van der Waals surface area (Å²) in [6, 6.07) is 8.58. The van der Waals surface area contributed by atoms with E-state index in [0.717, 1.165) is 4.90 Å². The second-order valence-corrected chi connectivity index (χ2v) is 6.91. The zero-order chi connectivity index (χ0) is 21.7. The minimum atomic E-state index is -0.897. The predicted molar refractivity (Wildman–Crippen MR) is 107 cm³/mol. The molecule has 0 saturated carbocycles. The molecule has 3 amide bonds. The van der Waals surface area contributed by atoms with Crippen LogP contribution in [-0.4, -0.2) is 41.2 Å². The largest absolute Gasteiger partial charge is 0.467 e. The molecule has 1 unspecified atom stereocenters. The van der Waals surface area contributed by atoms with Gasteiger partial charge in [-0.3, -0.25) is 14.4 Å². The topological polar surface area (TPSA) is 97.1 Å². The van der Waals surface area contributed by atoms with Crippen LogP contribution < -0.4 is 4.90 Å². The van der Waals surface area contributed by atoms with Crippen molar-refractivity contribution in [2.24, 2.45) is 0 Å². The molecule has 1 atom stereocenters. The van der Waals surface area contributed by atoms with Gasteiger partial charge in [-0.2, -0.15) is 0 Å². The van der Waals surface area contributed by atoms with E-state index in [1.807, 2.05) is 6.92 Å². The number of furan rings is 1. The smallest absolute Gasteiger partial charge is 0.338 e. The fourth-order valence-electron chi connectivity index (χ4n) is 3.39. The van der Waals surface area contributed by atoms with Gasteiger partial charge >= 0.3 is 5.97 Å². The Balaban J connectivity index is 1.82. The van der Waals surface area contributed by atoms with Gasteiger partial charge in [0.25, 0.3) is 5.91 Å². The third-order valence-electron chi connectivity index (χ3n) is 4.83. The van der Waals surface area contributed by atoms with Crippen LogP contribution in [0.25, 0.3) is 0 Å². The van der Waals surface area contributed by atoms with E-state index in [1.54, 1.807) is 19.1 Å². The normalized spacial score (nSPS) is 16.1. The third kappa shape index (κ3) is 4.42. The van der Waals surface area contributed by atoms with E-state index in [1.165, 1.54) is 35.4 Å². The van der Waals surface area contributed by atoms with Crippen molar-refractivity contribution in [1.82, 2.24) is 4.90 Å². The van der Waals surface area contributed by atoms with Crippen LogP contribution in [0.2, 0.25) is 0 Å². The van der Waals surface area contributed by atoms with Crippen molar-refractivity contribution in [3.05, 3.63) is 54.0 Å². The van der Waals surface area contributed by atoms with Gasteiger partial charge in [-0.1, -0.05) is 6.92 Å². The average Bonchev–Trinajstić information content (AvgIpc) is 3.34. The van der Waals surface area contributed by atoms with Gasteiger partial charge in [-0.05, 0) is 49.7 Å². The van der Waals surface area contributed by atoms with Gasteiger partial charge < -0.3 is 14.1 Å². The fraction of sp³-hybridized carbons (Fsp3) is 0.364. The number of carbonyl (C=O) groups excluding carboxylic acids is 4. The van der Waals surface area contributed by atoms with Crippen LogP contribution in [-0.2, 0) is 25.7 Å². The Morgan fingerprint density at radius 3 is 2.50 bits per heavy atom. The van der Waals surface area contributed by atoms with Gasteiger partial charge in [0.2, 0.25) is 11.8 Å². The molecule has 8 heteroatoms. The van der Waals surface area contributed by atoms with Crippen LogP contribution in [0.5, 0.6) is 0 Å². The zero-order valence-corrected chi connectivity index (χ0v) is 17.0. The molecule has 0 bridgehead atoms. The molecule has 0 radical (unpaired) electrons. The van der Waals surface area contributed by atoms with Crippen LogP contribution >= 0.6 is 0 Å². The molecular formula is C22H24N2O6. The lowest BCUT2D eigenvalue weighted by molar-refractivity contribution is -0.139. The second kappa shape index (κ2) is 9.39. The van der Waals surface area contributed by atoms with Crippen LogP contribution in [0.4, 0.5) is 5.69 Å². The summed E-state index contributed by atoms with van der Waals surface area (Å²) >= 11 is 0. The summed E-state index contributed by atoms with van der Waals surface area (Å²) in [6.45, 7) is 3.96. The molecule has 0 aliphatic carbocycles. The van der Waals surface area contributed by atoms with Gasteiger partial charge in [0.15, 0.2) is 0 Å². The number of hydrogen-bond donors (Lipinski definition) is 0. The Labute approximate surface area is 174 Å². The highest BCUT2D eigenvalue weighted by atomic mass is 16.5. The van der Waals surface area contributed by atoms with Gasteiger partial charge in [-0.25, -0.2) is 9.69 Å². The van der Waals surface area contributed by atoms with E-state index in [-0.39, 0.29) is 31.9 Å². The van der Waals surface area contributed by atoms with Crippen molar-refractivity contribution in [2.45, 2.75) is 45.7 Å². The average molecular weight is 412 g/mol. The molecule has 1 fully saturated rings. The van der Waals surface area contributed by atoms with E-state index in [4.69, 9.17) is 9.15 Å². The Hall–Kier alpha value is -3.42. The lowest BCUT2D eigenvalue weighted by Gasteiger charge is -2.26. The maximum Gasteiger partial charge on any atom is 0.338 e. The monoisotopic (exact) mass is 412 g/mol. The summed E-state index contributed by atoms with van der Waals surface area (Å²) in [4.78, 5) is 52.7. The third-order valence-corrected chi connectivity index (χ3v) is 4.83. The maximum absolute atomic E-state index is 13.1. The Kier molecular flexibility index (Phi) is 6.66. The lowest BCUT2D eigenvalue weighted by Crippen LogP contribution is -2.45. The summed E-state index contributed by atoms with van der Waals surface area (Å²) in [5.74, 6) is -1.02. The Bertz CT molecular complexity index is 920. The highest BCUT2D eigenvalue weighted by molar-refractivity contribution is 6.23. The number of hydrogen-bond acceptors (Lipinski definition) is 6. The van der Waals surface area contributed by atoms with Crippen molar-refractivity contribution in [1.29, 1.82) is 0 Å². The standard InChI is InChI=1S/C22H24N2O6/c1-3-6-19(25)23(14-17-7-5-12-30-17)18-13-20(26)24(21(18)27)16-10-8-15(9-11-16)22(28)29-4-2/h5,7-12,18H,3-4,6,13-14H2,1-2H3. The zero-order valence-electron chi connectivity index (χ0n) is 17.0. The molecule has 30 heavy (non-hydrogen) atoms. The molecule has 1 saturated heterocycles. The fourth-order valence-corrected chi connectivity index (χ4v) is 3.39. The lowest BCUT2D eigenvalue weighted by atomic mass is 10.1. The number of imide groups is 1. The molecule has 2 aromatic rings. The molecule has 1 aromatic heterocycles. The number of anilines is 1. The second-order valence-electron chi connectivity index (χ2n) is 6.91. The number of benzene rings is 1. The molecule has 1 aromatic carbocycles. The van der Waals surface area contributed by atoms with Gasteiger partial charge in [0.1, 0.15) is 11.8 Å². The van der Waals surface area contributed by atoms with Crippen molar-refractivity contribution < 1.29 is 28.3 Å².